The van der Waals surface area contributed by atoms with Crippen LogP contribution in [0.1, 0.15) is 47.0 Å². The molecule has 3 atom stereocenters. The zero-order valence-electron chi connectivity index (χ0n) is 10.2. The summed E-state index contributed by atoms with van der Waals surface area (Å²) in [7, 11) is 0. The molecule has 0 aliphatic heterocycles. The highest BCUT2D eigenvalue weighted by molar-refractivity contribution is 5.84. The minimum absolute atomic E-state index is 0.245. The standard InChI is InChI=1S/C12H23NO2/c1-8-5-6-10(7-9(8)2)13-11(14)12(3,4)15/h8-10,15H,5-7H2,1-4H3,(H,13,14). The van der Waals surface area contributed by atoms with E-state index in [1.54, 1.807) is 0 Å². The molecule has 1 amide bonds. The lowest BCUT2D eigenvalue weighted by Gasteiger charge is -2.33. The number of rotatable bonds is 2. The van der Waals surface area contributed by atoms with E-state index < -0.39 is 5.60 Å². The third-order valence-electron chi connectivity index (χ3n) is 3.49. The fourth-order valence-electron chi connectivity index (χ4n) is 2.04. The van der Waals surface area contributed by atoms with Crippen LogP contribution in [0.25, 0.3) is 0 Å². The molecule has 0 bridgehead atoms. The summed E-state index contributed by atoms with van der Waals surface area (Å²) >= 11 is 0. The molecule has 88 valence electrons. The van der Waals surface area contributed by atoms with Crippen LogP contribution in [0.2, 0.25) is 0 Å². The lowest BCUT2D eigenvalue weighted by atomic mass is 9.79. The lowest BCUT2D eigenvalue weighted by Crippen LogP contribution is -2.48. The fourth-order valence-corrected chi connectivity index (χ4v) is 2.04. The molecule has 0 spiro atoms. The van der Waals surface area contributed by atoms with Gasteiger partial charge in [-0.1, -0.05) is 13.8 Å². The van der Waals surface area contributed by atoms with Crippen LogP contribution in [0.15, 0.2) is 0 Å². The van der Waals surface area contributed by atoms with Gasteiger partial charge in [-0.2, -0.15) is 0 Å². The Labute approximate surface area is 92.3 Å². The molecule has 0 aromatic rings. The van der Waals surface area contributed by atoms with Gasteiger partial charge in [0, 0.05) is 6.04 Å². The maximum Gasteiger partial charge on any atom is 0.251 e. The van der Waals surface area contributed by atoms with E-state index in [0.717, 1.165) is 25.2 Å². The Kier molecular flexibility index (Phi) is 3.77. The topological polar surface area (TPSA) is 49.3 Å². The highest BCUT2D eigenvalue weighted by Gasteiger charge is 2.30. The third kappa shape index (κ3) is 3.49. The van der Waals surface area contributed by atoms with Crippen LogP contribution in [0.5, 0.6) is 0 Å². The maximum absolute atomic E-state index is 11.6. The van der Waals surface area contributed by atoms with Crippen molar-refractivity contribution in [1.29, 1.82) is 0 Å². The largest absolute Gasteiger partial charge is 0.381 e. The molecule has 1 fully saturated rings. The van der Waals surface area contributed by atoms with E-state index >= 15 is 0 Å². The normalized spacial score (nSPS) is 32.5. The Morgan fingerprint density at radius 2 is 1.87 bits per heavy atom. The lowest BCUT2D eigenvalue weighted by molar-refractivity contribution is -0.137. The van der Waals surface area contributed by atoms with Crippen LogP contribution in [0.4, 0.5) is 0 Å². The van der Waals surface area contributed by atoms with E-state index in [1.807, 2.05) is 0 Å². The first-order chi connectivity index (χ1) is 6.80. The van der Waals surface area contributed by atoms with Gasteiger partial charge >= 0.3 is 0 Å². The second kappa shape index (κ2) is 4.52. The molecule has 1 aliphatic rings. The second-order valence-electron chi connectivity index (χ2n) is 5.50. The quantitative estimate of drug-likeness (QED) is 0.733. The summed E-state index contributed by atoms with van der Waals surface area (Å²) in [5, 5.41) is 12.4. The molecular formula is C12H23NO2. The molecule has 1 saturated carbocycles. The van der Waals surface area contributed by atoms with Crippen molar-refractivity contribution in [2.75, 3.05) is 0 Å². The molecule has 1 rings (SSSR count). The summed E-state index contributed by atoms with van der Waals surface area (Å²) < 4.78 is 0. The first kappa shape index (κ1) is 12.5. The third-order valence-corrected chi connectivity index (χ3v) is 3.49. The van der Waals surface area contributed by atoms with E-state index in [2.05, 4.69) is 19.2 Å². The van der Waals surface area contributed by atoms with Gasteiger partial charge < -0.3 is 10.4 Å². The Morgan fingerprint density at radius 1 is 1.27 bits per heavy atom. The van der Waals surface area contributed by atoms with Crippen molar-refractivity contribution in [3.63, 3.8) is 0 Å². The summed E-state index contributed by atoms with van der Waals surface area (Å²) in [6.07, 6.45) is 3.23. The second-order valence-corrected chi connectivity index (χ2v) is 5.50. The van der Waals surface area contributed by atoms with Gasteiger partial charge in [0.15, 0.2) is 0 Å². The zero-order chi connectivity index (χ0) is 11.6. The van der Waals surface area contributed by atoms with Gasteiger partial charge in [0.2, 0.25) is 0 Å². The molecule has 15 heavy (non-hydrogen) atoms. The fraction of sp³-hybridized carbons (Fsp3) is 0.917. The van der Waals surface area contributed by atoms with Gasteiger partial charge in [-0.3, -0.25) is 4.79 Å². The van der Waals surface area contributed by atoms with Crippen LogP contribution >= 0.6 is 0 Å². The van der Waals surface area contributed by atoms with E-state index in [-0.39, 0.29) is 11.9 Å². The summed E-state index contributed by atoms with van der Waals surface area (Å²) in [6, 6.07) is 0.245. The van der Waals surface area contributed by atoms with E-state index in [9.17, 15) is 9.90 Å². The van der Waals surface area contributed by atoms with Crippen LogP contribution in [-0.2, 0) is 4.79 Å². The van der Waals surface area contributed by atoms with Gasteiger partial charge in [-0.05, 0) is 44.9 Å². The summed E-state index contributed by atoms with van der Waals surface area (Å²) in [6.45, 7) is 7.54. The van der Waals surface area contributed by atoms with Crippen molar-refractivity contribution in [1.82, 2.24) is 5.32 Å². The number of hydrogen-bond acceptors (Lipinski definition) is 2. The average Bonchev–Trinajstić information content (AvgIpc) is 2.10. The van der Waals surface area contributed by atoms with Crippen molar-refractivity contribution >= 4 is 5.91 Å². The monoisotopic (exact) mass is 213 g/mol. The van der Waals surface area contributed by atoms with Crippen molar-refractivity contribution in [2.24, 2.45) is 11.8 Å². The van der Waals surface area contributed by atoms with Crippen molar-refractivity contribution < 1.29 is 9.90 Å². The molecule has 3 heteroatoms. The van der Waals surface area contributed by atoms with Gasteiger partial charge in [-0.15, -0.1) is 0 Å². The first-order valence-corrected chi connectivity index (χ1v) is 5.84. The Morgan fingerprint density at radius 3 is 2.33 bits per heavy atom. The van der Waals surface area contributed by atoms with Crippen LogP contribution in [0.3, 0.4) is 0 Å². The van der Waals surface area contributed by atoms with Crippen LogP contribution < -0.4 is 5.32 Å². The Bertz CT molecular complexity index is 232. The Hall–Kier alpha value is -0.570. The Balaban J connectivity index is 2.44. The van der Waals surface area contributed by atoms with Gasteiger partial charge in [0.25, 0.3) is 5.91 Å². The highest BCUT2D eigenvalue weighted by atomic mass is 16.3. The average molecular weight is 213 g/mol. The molecule has 0 radical (unpaired) electrons. The van der Waals surface area contributed by atoms with Crippen molar-refractivity contribution in [3.8, 4) is 0 Å². The smallest absolute Gasteiger partial charge is 0.251 e. The highest BCUT2D eigenvalue weighted by Crippen LogP contribution is 2.29. The molecular weight excluding hydrogens is 190 g/mol. The molecule has 2 N–H and O–H groups in total. The maximum atomic E-state index is 11.6. The molecule has 0 aromatic carbocycles. The number of carbonyl (C=O) groups excluding carboxylic acids is 1. The van der Waals surface area contributed by atoms with Crippen molar-refractivity contribution in [2.45, 2.75) is 58.6 Å². The molecule has 3 nitrogen and oxygen atoms in total. The molecule has 3 unspecified atom stereocenters. The van der Waals surface area contributed by atoms with Crippen LogP contribution in [-0.4, -0.2) is 22.7 Å². The van der Waals surface area contributed by atoms with Gasteiger partial charge in [-0.25, -0.2) is 0 Å². The van der Waals surface area contributed by atoms with Gasteiger partial charge in [0.1, 0.15) is 5.60 Å². The minimum Gasteiger partial charge on any atom is -0.381 e. The number of carbonyl (C=O) groups is 1. The summed E-state index contributed by atoms with van der Waals surface area (Å²) in [4.78, 5) is 11.6. The molecule has 0 heterocycles. The van der Waals surface area contributed by atoms with E-state index in [4.69, 9.17) is 0 Å². The number of amides is 1. The van der Waals surface area contributed by atoms with Crippen molar-refractivity contribution in [3.05, 3.63) is 0 Å². The van der Waals surface area contributed by atoms with E-state index in [1.165, 1.54) is 13.8 Å². The summed E-state index contributed by atoms with van der Waals surface area (Å²) in [5.41, 5.74) is -1.26. The molecule has 0 saturated heterocycles. The number of nitrogens with one attached hydrogen (secondary N) is 1. The predicted octanol–water partition coefficient (Wildman–Crippen LogP) is 1.70. The van der Waals surface area contributed by atoms with Crippen LogP contribution in [0, 0.1) is 11.8 Å². The van der Waals surface area contributed by atoms with Gasteiger partial charge in [0.05, 0.1) is 0 Å². The number of aliphatic hydroxyl groups is 1. The minimum atomic E-state index is -1.26. The predicted molar refractivity (Wildman–Crippen MR) is 60.4 cm³/mol. The first-order valence-electron chi connectivity index (χ1n) is 5.84. The summed E-state index contributed by atoms with van der Waals surface area (Å²) in [5.74, 6) is 1.15. The molecule has 0 aromatic heterocycles. The number of hydrogen-bond donors (Lipinski definition) is 2. The SMILES string of the molecule is CC1CCC(NC(=O)C(C)(C)O)CC1C. The zero-order valence-corrected chi connectivity index (χ0v) is 10.2. The molecule has 1 aliphatic carbocycles. The van der Waals surface area contributed by atoms with E-state index in [0.29, 0.717) is 5.92 Å².